The number of nitrogen functional groups attached to an aromatic ring is 1. The number of rotatable bonds is 7. The lowest BCUT2D eigenvalue weighted by molar-refractivity contribution is 0.1000. The van der Waals surface area contributed by atoms with Crippen LogP contribution in [0.4, 0.5) is 16.2 Å². The van der Waals surface area contributed by atoms with Gasteiger partial charge in [0.2, 0.25) is 5.91 Å². The van der Waals surface area contributed by atoms with Gasteiger partial charge in [-0.2, -0.15) is 0 Å². The molecule has 154 valence electrons. The van der Waals surface area contributed by atoms with Crippen molar-refractivity contribution in [1.82, 2.24) is 4.98 Å². The van der Waals surface area contributed by atoms with E-state index in [9.17, 15) is 9.59 Å². The minimum absolute atomic E-state index is 0.0207. The molecule has 4 N–H and O–H groups in total. The third-order valence-corrected chi connectivity index (χ3v) is 4.39. The van der Waals surface area contributed by atoms with Crippen molar-refractivity contribution in [3.63, 3.8) is 0 Å². The number of benzene rings is 2. The van der Waals surface area contributed by atoms with Crippen LogP contribution in [0.15, 0.2) is 67.0 Å². The predicted octanol–water partition coefficient (Wildman–Crippen LogP) is 3.11. The monoisotopic (exact) mass is 406 g/mol. The molecule has 1 aromatic heterocycles. The molecule has 1 heterocycles. The Bertz CT molecular complexity index is 1040. The minimum atomic E-state index is -0.574. The lowest BCUT2D eigenvalue weighted by Gasteiger charge is -2.24. The third kappa shape index (κ3) is 5.05. The van der Waals surface area contributed by atoms with Gasteiger partial charge in [-0.05, 0) is 35.9 Å². The summed E-state index contributed by atoms with van der Waals surface area (Å²) in [4.78, 5) is 29.7. The Morgan fingerprint density at radius 2 is 1.77 bits per heavy atom. The fraction of sp³-hybridized carbons (Fsp3) is 0.136. The zero-order valence-electron chi connectivity index (χ0n) is 16.4. The first-order valence-corrected chi connectivity index (χ1v) is 9.13. The maximum atomic E-state index is 12.9. The van der Waals surface area contributed by atoms with Crippen molar-refractivity contribution < 1.29 is 19.1 Å². The van der Waals surface area contributed by atoms with Gasteiger partial charge in [0, 0.05) is 17.3 Å². The number of anilines is 2. The maximum absolute atomic E-state index is 12.9. The molecule has 0 saturated heterocycles. The normalized spacial score (nSPS) is 10.3. The van der Waals surface area contributed by atoms with Gasteiger partial charge in [-0.25, -0.2) is 4.79 Å². The number of hydrogen-bond acceptors (Lipinski definition) is 6. The summed E-state index contributed by atoms with van der Waals surface area (Å²) in [5.74, 6) is 0.0549. The molecule has 8 heteroatoms. The van der Waals surface area contributed by atoms with E-state index < -0.39 is 12.0 Å². The molecule has 0 saturated carbocycles. The fourth-order valence-corrected chi connectivity index (χ4v) is 2.82. The number of carbonyl (C=O) groups is 2. The van der Waals surface area contributed by atoms with Gasteiger partial charge in [-0.1, -0.05) is 24.3 Å². The highest BCUT2D eigenvalue weighted by molar-refractivity contribution is 5.93. The number of nitrogens with two attached hydrogens (primary N) is 2. The van der Waals surface area contributed by atoms with E-state index in [1.807, 2.05) is 0 Å². The molecular formula is C22H22N4O4. The van der Waals surface area contributed by atoms with Crippen LogP contribution in [0.3, 0.4) is 0 Å². The molecule has 0 aliphatic heterocycles. The number of primary amides is 1. The van der Waals surface area contributed by atoms with E-state index in [0.717, 1.165) is 5.56 Å². The summed E-state index contributed by atoms with van der Waals surface area (Å²) in [5.41, 5.74) is 14.2. The van der Waals surface area contributed by atoms with Crippen LogP contribution < -0.4 is 21.1 Å². The summed E-state index contributed by atoms with van der Waals surface area (Å²) in [7, 11) is 1.54. The SMILES string of the molecule is COc1cncc(COC(=O)N(Cc2ccc(C(N)=O)cc2)c2ccccc2N)c1. The lowest BCUT2D eigenvalue weighted by Crippen LogP contribution is -2.31. The first-order valence-electron chi connectivity index (χ1n) is 9.13. The van der Waals surface area contributed by atoms with Crippen molar-refractivity contribution in [1.29, 1.82) is 0 Å². The molecule has 0 bridgehead atoms. The van der Waals surface area contributed by atoms with Crippen molar-refractivity contribution in [3.8, 4) is 5.75 Å². The molecule has 3 aromatic rings. The Labute approximate surface area is 174 Å². The third-order valence-electron chi connectivity index (χ3n) is 4.39. The molecular weight excluding hydrogens is 384 g/mol. The quantitative estimate of drug-likeness (QED) is 0.582. The average Bonchev–Trinajstić information content (AvgIpc) is 2.77. The smallest absolute Gasteiger partial charge is 0.415 e. The van der Waals surface area contributed by atoms with Crippen LogP contribution >= 0.6 is 0 Å². The van der Waals surface area contributed by atoms with Gasteiger partial charge in [0.05, 0.1) is 31.2 Å². The number of methoxy groups -OCH3 is 1. The summed E-state index contributed by atoms with van der Waals surface area (Å²) >= 11 is 0. The van der Waals surface area contributed by atoms with E-state index in [-0.39, 0.29) is 13.2 Å². The van der Waals surface area contributed by atoms with Crippen LogP contribution in [-0.2, 0) is 17.9 Å². The standard InChI is InChI=1S/C22H22N4O4/c1-29-18-10-16(11-25-12-18)14-30-22(28)26(20-5-3-2-4-19(20)23)13-15-6-8-17(9-7-15)21(24)27/h2-12H,13-14,23H2,1H3,(H2,24,27). The summed E-state index contributed by atoms with van der Waals surface area (Å²) in [6.45, 7) is 0.218. The van der Waals surface area contributed by atoms with Gasteiger partial charge in [0.25, 0.3) is 0 Å². The topological polar surface area (TPSA) is 121 Å². The zero-order chi connectivity index (χ0) is 21.5. The molecule has 0 radical (unpaired) electrons. The van der Waals surface area contributed by atoms with Crippen molar-refractivity contribution in [3.05, 3.63) is 83.7 Å². The van der Waals surface area contributed by atoms with Gasteiger partial charge in [0.15, 0.2) is 0 Å². The number of ether oxygens (including phenoxy) is 2. The number of hydrogen-bond donors (Lipinski definition) is 2. The second kappa shape index (κ2) is 9.42. The van der Waals surface area contributed by atoms with Crippen LogP contribution in [0, 0.1) is 0 Å². The number of carbonyl (C=O) groups excluding carboxylic acids is 2. The highest BCUT2D eigenvalue weighted by Crippen LogP contribution is 2.26. The molecule has 0 spiro atoms. The van der Waals surface area contributed by atoms with E-state index in [1.54, 1.807) is 67.0 Å². The first-order chi connectivity index (χ1) is 14.5. The van der Waals surface area contributed by atoms with Crippen LogP contribution in [-0.4, -0.2) is 24.1 Å². The van der Waals surface area contributed by atoms with Crippen LogP contribution in [0.2, 0.25) is 0 Å². The molecule has 0 atom stereocenters. The minimum Gasteiger partial charge on any atom is -0.495 e. The molecule has 8 nitrogen and oxygen atoms in total. The molecule has 3 rings (SSSR count). The largest absolute Gasteiger partial charge is 0.495 e. The van der Waals surface area contributed by atoms with E-state index >= 15 is 0 Å². The van der Waals surface area contributed by atoms with Gasteiger partial charge in [0.1, 0.15) is 12.4 Å². The molecule has 2 amide bonds. The van der Waals surface area contributed by atoms with Gasteiger partial charge in [-0.15, -0.1) is 0 Å². The Kier molecular flexibility index (Phi) is 6.49. The van der Waals surface area contributed by atoms with Crippen LogP contribution in [0.5, 0.6) is 5.75 Å². The maximum Gasteiger partial charge on any atom is 0.415 e. The second-order valence-corrected chi connectivity index (χ2v) is 6.49. The lowest BCUT2D eigenvalue weighted by atomic mass is 10.1. The van der Waals surface area contributed by atoms with Gasteiger partial charge in [-0.3, -0.25) is 14.7 Å². The van der Waals surface area contributed by atoms with E-state index in [1.165, 1.54) is 12.0 Å². The zero-order valence-corrected chi connectivity index (χ0v) is 16.4. The Hall–Kier alpha value is -4.07. The second-order valence-electron chi connectivity index (χ2n) is 6.49. The van der Waals surface area contributed by atoms with Crippen LogP contribution in [0.1, 0.15) is 21.5 Å². The van der Waals surface area contributed by atoms with Crippen molar-refractivity contribution in [2.45, 2.75) is 13.2 Å². The average molecular weight is 406 g/mol. The highest BCUT2D eigenvalue weighted by Gasteiger charge is 2.20. The van der Waals surface area contributed by atoms with E-state index in [0.29, 0.717) is 28.3 Å². The summed E-state index contributed by atoms with van der Waals surface area (Å²) in [6, 6.07) is 15.4. The highest BCUT2D eigenvalue weighted by atomic mass is 16.6. The summed E-state index contributed by atoms with van der Waals surface area (Å²) in [5, 5.41) is 0. The Morgan fingerprint density at radius 1 is 1.03 bits per heavy atom. The molecule has 0 aliphatic carbocycles. The summed E-state index contributed by atoms with van der Waals surface area (Å²) < 4.78 is 10.6. The van der Waals surface area contributed by atoms with Crippen molar-refractivity contribution in [2.24, 2.45) is 5.73 Å². The van der Waals surface area contributed by atoms with Crippen molar-refractivity contribution >= 4 is 23.4 Å². The molecule has 30 heavy (non-hydrogen) atoms. The molecule has 0 fully saturated rings. The molecule has 0 unspecified atom stereocenters. The predicted molar refractivity (Wildman–Crippen MR) is 113 cm³/mol. The molecule has 0 aliphatic rings. The van der Waals surface area contributed by atoms with Gasteiger partial charge >= 0.3 is 6.09 Å². The number of amides is 2. The molecule has 2 aromatic carbocycles. The van der Waals surface area contributed by atoms with Gasteiger partial charge < -0.3 is 20.9 Å². The fourth-order valence-electron chi connectivity index (χ4n) is 2.82. The van der Waals surface area contributed by atoms with E-state index in [4.69, 9.17) is 20.9 Å². The number of nitrogens with zero attached hydrogens (tertiary/aromatic N) is 2. The number of para-hydroxylation sites is 2. The number of pyridine rings is 1. The van der Waals surface area contributed by atoms with Crippen molar-refractivity contribution in [2.75, 3.05) is 17.7 Å². The van der Waals surface area contributed by atoms with E-state index in [2.05, 4.69) is 4.98 Å². The number of aromatic nitrogens is 1. The van der Waals surface area contributed by atoms with Crippen LogP contribution in [0.25, 0.3) is 0 Å². The Morgan fingerprint density at radius 3 is 2.43 bits per heavy atom. The summed E-state index contributed by atoms with van der Waals surface area (Å²) in [6.07, 6.45) is 2.59. The first kappa shape index (κ1) is 20.7. The Balaban J connectivity index is 1.80.